The van der Waals surface area contributed by atoms with Crippen molar-refractivity contribution >= 4 is 17.7 Å². The molecule has 2 rings (SSSR count). The van der Waals surface area contributed by atoms with E-state index in [1.807, 2.05) is 0 Å². The van der Waals surface area contributed by atoms with Crippen molar-refractivity contribution in [1.82, 2.24) is 14.8 Å². The zero-order chi connectivity index (χ0) is 13.1. The normalized spacial score (nSPS) is 15.3. The fraction of sp³-hybridized carbons (Fsp3) is 0.750. The highest BCUT2D eigenvalue weighted by atomic mass is 32.2. The molecule has 18 heavy (non-hydrogen) atoms. The number of carboxylic acid groups (broad SMARTS) is 1. The number of rotatable bonds is 7. The maximum atomic E-state index is 10.6. The largest absolute Gasteiger partial charge is 0.481 e. The summed E-state index contributed by atoms with van der Waals surface area (Å²) >= 11 is 1.26. The molecule has 100 valence electrons. The van der Waals surface area contributed by atoms with E-state index in [4.69, 9.17) is 5.11 Å². The first kappa shape index (κ1) is 13.4. The molecule has 1 fully saturated rings. The second-order valence-electron chi connectivity index (χ2n) is 5.06. The monoisotopic (exact) mass is 269 g/mol. The summed E-state index contributed by atoms with van der Waals surface area (Å²) in [6.07, 6.45) is 3.81. The Labute approximate surface area is 111 Å². The zero-order valence-electron chi connectivity index (χ0n) is 10.8. The highest BCUT2D eigenvalue weighted by Crippen LogP contribution is 2.33. The Balaban J connectivity index is 2.07. The minimum Gasteiger partial charge on any atom is -0.481 e. The first-order valence-corrected chi connectivity index (χ1v) is 7.34. The molecule has 1 aromatic heterocycles. The van der Waals surface area contributed by atoms with E-state index < -0.39 is 5.97 Å². The van der Waals surface area contributed by atoms with E-state index in [1.54, 1.807) is 0 Å². The van der Waals surface area contributed by atoms with E-state index in [0.717, 1.165) is 29.9 Å². The van der Waals surface area contributed by atoms with Gasteiger partial charge in [-0.3, -0.25) is 4.79 Å². The fourth-order valence-electron chi connectivity index (χ4n) is 1.89. The van der Waals surface area contributed by atoms with Crippen LogP contribution in [0.4, 0.5) is 0 Å². The van der Waals surface area contributed by atoms with Crippen LogP contribution in [0.2, 0.25) is 0 Å². The summed E-state index contributed by atoms with van der Waals surface area (Å²) in [6.45, 7) is 5.08. The summed E-state index contributed by atoms with van der Waals surface area (Å²) in [5.41, 5.74) is 0. The summed E-state index contributed by atoms with van der Waals surface area (Å²) in [6, 6.07) is 0. The van der Waals surface area contributed by atoms with Crippen LogP contribution in [-0.2, 0) is 11.3 Å². The maximum Gasteiger partial charge on any atom is 0.313 e. The third kappa shape index (κ3) is 3.48. The van der Waals surface area contributed by atoms with E-state index in [1.165, 1.54) is 24.6 Å². The lowest BCUT2D eigenvalue weighted by Crippen LogP contribution is -2.08. The van der Waals surface area contributed by atoms with Gasteiger partial charge in [-0.1, -0.05) is 38.5 Å². The molecular formula is C12H19N3O2S. The second-order valence-corrected chi connectivity index (χ2v) is 6.00. The van der Waals surface area contributed by atoms with Crippen molar-refractivity contribution in [2.24, 2.45) is 5.92 Å². The van der Waals surface area contributed by atoms with Gasteiger partial charge in [0.25, 0.3) is 0 Å². The van der Waals surface area contributed by atoms with E-state index in [-0.39, 0.29) is 5.75 Å². The average molecular weight is 269 g/mol. The molecule has 1 aliphatic rings. The molecule has 1 aromatic rings. The van der Waals surface area contributed by atoms with Gasteiger partial charge in [-0.05, 0) is 12.3 Å². The molecule has 0 radical (unpaired) electrons. The van der Waals surface area contributed by atoms with Crippen LogP contribution >= 0.6 is 11.8 Å². The molecule has 1 aliphatic carbocycles. The lowest BCUT2D eigenvalue weighted by Gasteiger charge is -2.11. The van der Waals surface area contributed by atoms with Gasteiger partial charge in [0.15, 0.2) is 5.16 Å². The zero-order valence-corrected chi connectivity index (χ0v) is 11.6. The topological polar surface area (TPSA) is 68.0 Å². The van der Waals surface area contributed by atoms with Crippen LogP contribution in [0.1, 0.15) is 44.9 Å². The molecule has 1 heterocycles. The predicted octanol–water partition coefficient (Wildman–Crippen LogP) is 2.38. The molecule has 0 bridgehead atoms. The minimum absolute atomic E-state index is 0.0413. The van der Waals surface area contributed by atoms with Crippen LogP contribution in [0.25, 0.3) is 0 Å². The van der Waals surface area contributed by atoms with Gasteiger partial charge < -0.3 is 9.67 Å². The molecule has 0 aromatic carbocycles. The van der Waals surface area contributed by atoms with Crippen molar-refractivity contribution in [3.63, 3.8) is 0 Å². The van der Waals surface area contributed by atoms with Crippen LogP contribution < -0.4 is 0 Å². The summed E-state index contributed by atoms with van der Waals surface area (Å²) in [5.74, 6) is 1.35. The van der Waals surface area contributed by atoms with Crippen molar-refractivity contribution < 1.29 is 9.90 Å². The van der Waals surface area contributed by atoms with Crippen molar-refractivity contribution in [3.8, 4) is 0 Å². The Hall–Kier alpha value is -1.04. The van der Waals surface area contributed by atoms with E-state index >= 15 is 0 Å². The number of hydrogen-bond acceptors (Lipinski definition) is 4. The molecule has 0 spiro atoms. The average Bonchev–Trinajstić information content (AvgIpc) is 3.03. The lowest BCUT2D eigenvalue weighted by atomic mass is 10.2. The third-order valence-electron chi connectivity index (χ3n) is 3.04. The van der Waals surface area contributed by atoms with Crippen LogP contribution in [0, 0.1) is 5.92 Å². The second kappa shape index (κ2) is 5.73. The molecule has 0 amide bonds. The van der Waals surface area contributed by atoms with E-state index in [2.05, 4.69) is 28.6 Å². The highest BCUT2D eigenvalue weighted by Gasteiger charge is 2.23. The van der Waals surface area contributed by atoms with Crippen LogP contribution in [0.5, 0.6) is 0 Å². The number of aromatic nitrogens is 3. The standard InChI is InChI=1S/C12H19N3O2S/c1-8(2)11-13-14-12(18-7-10(16)17)15(11)6-5-9-3-4-9/h8-9H,3-7H2,1-2H3,(H,16,17). The molecule has 0 atom stereocenters. The first-order chi connectivity index (χ1) is 8.58. The molecule has 6 heteroatoms. The quantitative estimate of drug-likeness (QED) is 0.770. The Morgan fingerprint density at radius 3 is 2.78 bits per heavy atom. The number of carboxylic acids is 1. The summed E-state index contributed by atoms with van der Waals surface area (Å²) < 4.78 is 2.09. The van der Waals surface area contributed by atoms with Gasteiger partial charge in [-0.2, -0.15) is 0 Å². The van der Waals surface area contributed by atoms with Gasteiger partial charge >= 0.3 is 5.97 Å². The van der Waals surface area contributed by atoms with Gasteiger partial charge in [0.1, 0.15) is 5.82 Å². The fourth-order valence-corrected chi connectivity index (χ4v) is 2.58. The smallest absolute Gasteiger partial charge is 0.313 e. The van der Waals surface area contributed by atoms with Crippen LogP contribution in [-0.4, -0.2) is 31.6 Å². The molecular weight excluding hydrogens is 250 g/mol. The maximum absolute atomic E-state index is 10.6. The van der Waals surface area contributed by atoms with Gasteiger partial charge in [-0.25, -0.2) is 0 Å². The summed E-state index contributed by atoms with van der Waals surface area (Å²) in [4.78, 5) is 10.6. The minimum atomic E-state index is -0.817. The summed E-state index contributed by atoms with van der Waals surface area (Å²) in [7, 11) is 0. The SMILES string of the molecule is CC(C)c1nnc(SCC(=O)O)n1CCC1CC1. The molecule has 0 unspecified atom stereocenters. The van der Waals surface area contributed by atoms with E-state index in [0.29, 0.717) is 5.92 Å². The van der Waals surface area contributed by atoms with Gasteiger partial charge in [-0.15, -0.1) is 10.2 Å². The van der Waals surface area contributed by atoms with Crippen molar-refractivity contribution in [3.05, 3.63) is 5.82 Å². The van der Waals surface area contributed by atoms with Crippen molar-refractivity contribution in [1.29, 1.82) is 0 Å². The molecule has 0 aliphatic heterocycles. The predicted molar refractivity (Wildman–Crippen MR) is 69.8 cm³/mol. The highest BCUT2D eigenvalue weighted by molar-refractivity contribution is 7.99. The molecule has 1 N–H and O–H groups in total. The molecule has 5 nitrogen and oxygen atoms in total. The summed E-state index contributed by atoms with van der Waals surface area (Å²) in [5, 5.41) is 17.8. The number of carbonyl (C=O) groups is 1. The Bertz CT molecular complexity index is 427. The van der Waals surface area contributed by atoms with Crippen molar-refractivity contribution in [2.45, 2.75) is 50.7 Å². The van der Waals surface area contributed by atoms with Gasteiger partial charge in [0.2, 0.25) is 0 Å². The van der Waals surface area contributed by atoms with Crippen molar-refractivity contribution in [2.75, 3.05) is 5.75 Å². The Morgan fingerprint density at radius 2 is 2.22 bits per heavy atom. The van der Waals surface area contributed by atoms with Gasteiger partial charge in [0, 0.05) is 12.5 Å². The van der Waals surface area contributed by atoms with Crippen LogP contribution in [0.3, 0.4) is 0 Å². The molecule has 1 saturated carbocycles. The molecule has 0 saturated heterocycles. The third-order valence-corrected chi connectivity index (χ3v) is 4.00. The Morgan fingerprint density at radius 1 is 1.50 bits per heavy atom. The number of aliphatic carboxylic acids is 1. The van der Waals surface area contributed by atoms with E-state index in [9.17, 15) is 4.79 Å². The number of hydrogen-bond donors (Lipinski definition) is 1. The lowest BCUT2D eigenvalue weighted by molar-refractivity contribution is -0.133. The number of thioether (sulfide) groups is 1. The van der Waals surface area contributed by atoms with Crippen LogP contribution in [0.15, 0.2) is 5.16 Å². The first-order valence-electron chi connectivity index (χ1n) is 6.35. The number of nitrogens with zero attached hydrogens (tertiary/aromatic N) is 3. The van der Waals surface area contributed by atoms with Gasteiger partial charge in [0.05, 0.1) is 5.75 Å². The Kier molecular flexibility index (Phi) is 4.27.